The van der Waals surface area contributed by atoms with E-state index in [0.29, 0.717) is 6.54 Å². The summed E-state index contributed by atoms with van der Waals surface area (Å²) in [5, 5.41) is 3.72. The molecule has 1 aromatic heterocycles. The van der Waals surface area contributed by atoms with Gasteiger partial charge in [0, 0.05) is 12.6 Å². The van der Waals surface area contributed by atoms with Gasteiger partial charge in [-0.1, -0.05) is 0 Å². The van der Waals surface area contributed by atoms with Gasteiger partial charge in [-0.2, -0.15) is 5.10 Å². The van der Waals surface area contributed by atoms with Gasteiger partial charge in [-0.25, -0.2) is 4.68 Å². The maximum absolute atomic E-state index is 11.0. The molecule has 0 aliphatic heterocycles. The Hall–Kier alpha value is -1.65. The van der Waals surface area contributed by atoms with Crippen molar-refractivity contribution in [1.29, 1.82) is 0 Å². The molecule has 0 atom stereocenters. The van der Waals surface area contributed by atoms with Gasteiger partial charge in [0.25, 0.3) is 11.5 Å². The lowest BCUT2D eigenvalue weighted by Crippen LogP contribution is -2.25. The molecule has 5 heteroatoms. The number of aryl methyl sites for hydroxylation is 1. The second-order valence-electron chi connectivity index (χ2n) is 2.24. The van der Waals surface area contributed by atoms with Crippen LogP contribution in [-0.4, -0.2) is 15.7 Å². The van der Waals surface area contributed by atoms with Crippen molar-refractivity contribution in [3.63, 3.8) is 0 Å². The lowest BCUT2D eigenvalue weighted by molar-refractivity contribution is 0.0993. The van der Waals surface area contributed by atoms with Gasteiger partial charge in [0.2, 0.25) is 0 Å². The van der Waals surface area contributed by atoms with Crippen LogP contribution < -0.4 is 11.3 Å². The molecule has 12 heavy (non-hydrogen) atoms. The third-order valence-electron chi connectivity index (χ3n) is 1.42. The largest absolute Gasteiger partial charge is 0.364 e. The molecule has 0 saturated heterocycles. The van der Waals surface area contributed by atoms with E-state index in [0.717, 1.165) is 0 Å². The van der Waals surface area contributed by atoms with Crippen LogP contribution in [0.1, 0.15) is 17.4 Å². The van der Waals surface area contributed by atoms with Crippen molar-refractivity contribution >= 4 is 5.91 Å². The summed E-state index contributed by atoms with van der Waals surface area (Å²) in [6.07, 6.45) is 0. The van der Waals surface area contributed by atoms with Gasteiger partial charge in [-0.3, -0.25) is 9.59 Å². The Kier molecular flexibility index (Phi) is 2.23. The predicted octanol–water partition coefficient (Wildman–Crippen LogP) is -0.638. The van der Waals surface area contributed by atoms with Crippen LogP contribution in [-0.2, 0) is 6.54 Å². The number of rotatable bonds is 2. The first-order chi connectivity index (χ1) is 5.65. The molecule has 1 rings (SSSR count). The Morgan fingerprint density at radius 3 is 2.83 bits per heavy atom. The maximum Gasteiger partial charge on any atom is 0.269 e. The molecule has 0 saturated carbocycles. The summed E-state index contributed by atoms with van der Waals surface area (Å²) in [6, 6.07) is 2.59. The zero-order chi connectivity index (χ0) is 9.14. The fraction of sp³-hybridized carbons (Fsp3) is 0.286. The summed E-state index contributed by atoms with van der Waals surface area (Å²) in [7, 11) is 0. The standard InChI is InChI=1S/C7H9N3O2/c1-2-10-6(11)4-3-5(9-10)7(8)12/h3-4H,2H2,1H3,(H2,8,12). The van der Waals surface area contributed by atoms with Crippen LogP contribution in [0.3, 0.4) is 0 Å². The minimum atomic E-state index is -0.628. The molecule has 0 radical (unpaired) electrons. The van der Waals surface area contributed by atoms with Crippen molar-refractivity contribution in [2.75, 3.05) is 0 Å². The van der Waals surface area contributed by atoms with E-state index in [1.165, 1.54) is 16.8 Å². The number of aromatic nitrogens is 2. The molecule has 1 amide bonds. The second kappa shape index (κ2) is 3.17. The van der Waals surface area contributed by atoms with Crippen LogP contribution in [0.2, 0.25) is 0 Å². The molecule has 0 aliphatic rings. The molecule has 0 spiro atoms. The Morgan fingerprint density at radius 2 is 2.33 bits per heavy atom. The molecule has 5 nitrogen and oxygen atoms in total. The SMILES string of the molecule is CCn1nc(C(N)=O)ccc1=O. The average Bonchev–Trinajstić information content (AvgIpc) is 2.05. The number of primary amides is 1. The van der Waals surface area contributed by atoms with Gasteiger partial charge in [-0.05, 0) is 13.0 Å². The first-order valence-corrected chi connectivity index (χ1v) is 3.53. The van der Waals surface area contributed by atoms with E-state index >= 15 is 0 Å². The van der Waals surface area contributed by atoms with E-state index in [1.807, 2.05) is 0 Å². The van der Waals surface area contributed by atoms with Crippen molar-refractivity contribution in [3.05, 3.63) is 28.2 Å². The summed E-state index contributed by atoms with van der Waals surface area (Å²) >= 11 is 0. The Morgan fingerprint density at radius 1 is 1.67 bits per heavy atom. The minimum absolute atomic E-state index is 0.108. The number of hydrogen-bond donors (Lipinski definition) is 1. The predicted molar refractivity (Wildman–Crippen MR) is 42.7 cm³/mol. The quantitative estimate of drug-likeness (QED) is 0.636. The zero-order valence-electron chi connectivity index (χ0n) is 6.65. The first-order valence-electron chi connectivity index (χ1n) is 3.53. The summed E-state index contributed by atoms with van der Waals surface area (Å²) in [5.41, 5.74) is 4.84. The Bertz CT molecular complexity index is 356. The Labute approximate surface area is 68.8 Å². The molecule has 0 aliphatic carbocycles. The van der Waals surface area contributed by atoms with Crippen LogP contribution in [0.25, 0.3) is 0 Å². The summed E-state index contributed by atoms with van der Waals surface area (Å²) in [5.74, 6) is -0.628. The fourth-order valence-electron chi connectivity index (χ4n) is 0.807. The average molecular weight is 167 g/mol. The van der Waals surface area contributed by atoms with Crippen LogP contribution >= 0.6 is 0 Å². The molecule has 1 heterocycles. The molecule has 0 unspecified atom stereocenters. The number of nitrogens with zero attached hydrogens (tertiary/aromatic N) is 2. The number of carbonyl (C=O) groups is 1. The van der Waals surface area contributed by atoms with Gasteiger partial charge in [0.1, 0.15) is 5.69 Å². The molecule has 1 aromatic rings. The summed E-state index contributed by atoms with van der Waals surface area (Å²) in [6.45, 7) is 2.19. The molecule has 64 valence electrons. The maximum atomic E-state index is 11.0. The van der Waals surface area contributed by atoms with E-state index in [9.17, 15) is 9.59 Å². The van der Waals surface area contributed by atoms with Gasteiger partial charge in [-0.15, -0.1) is 0 Å². The molecule has 0 fully saturated rings. The van der Waals surface area contributed by atoms with Crippen LogP contribution in [0.15, 0.2) is 16.9 Å². The van der Waals surface area contributed by atoms with E-state index in [1.54, 1.807) is 6.92 Å². The van der Waals surface area contributed by atoms with Crippen molar-refractivity contribution in [1.82, 2.24) is 9.78 Å². The number of amides is 1. The van der Waals surface area contributed by atoms with E-state index in [4.69, 9.17) is 5.73 Å². The van der Waals surface area contributed by atoms with E-state index in [-0.39, 0.29) is 11.3 Å². The van der Waals surface area contributed by atoms with Crippen molar-refractivity contribution < 1.29 is 4.79 Å². The highest BCUT2D eigenvalue weighted by atomic mass is 16.1. The number of carbonyl (C=O) groups excluding carboxylic acids is 1. The zero-order valence-corrected chi connectivity index (χ0v) is 6.65. The Balaban J connectivity index is 3.23. The monoisotopic (exact) mass is 167 g/mol. The van der Waals surface area contributed by atoms with Gasteiger partial charge in [0.15, 0.2) is 0 Å². The lowest BCUT2D eigenvalue weighted by Gasteiger charge is -2.00. The molecule has 2 N–H and O–H groups in total. The number of hydrogen-bond acceptors (Lipinski definition) is 3. The summed E-state index contributed by atoms with van der Waals surface area (Å²) in [4.78, 5) is 21.6. The highest BCUT2D eigenvalue weighted by molar-refractivity contribution is 5.90. The van der Waals surface area contributed by atoms with E-state index < -0.39 is 5.91 Å². The molecular weight excluding hydrogens is 158 g/mol. The van der Waals surface area contributed by atoms with Gasteiger partial charge < -0.3 is 5.73 Å². The first kappa shape index (κ1) is 8.45. The van der Waals surface area contributed by atoms with Crippen molar-refractivity contribution in [2.45, 2.75) is 13.5 Å². The van der Waals surface area contributed by atoms with Crippen LogP contribution in [0.5, 0.6) is 0 Å². The fourth-order valence-corrected chi connectivity index (χ4v) is 0.807. The van der Waals surface area contributed by atoms with E-state index in [2.05, 4.69) is 5.10 Å². The van der Waals surface area contributed by atoms with Crippen LogP contribution in [0.4, 0.5) is 0 Å². The molecule has 0 bridgehead atoms. The van der Waals surface area contributed by atoms with Gasteiger partial charge >= 0.3 is 0 Å². The second-order valence-corrected chi connectivity index (χ2v) is 2.24. The smallest absolute Gasteiger partial charge is 0.269 e. The highest BCUT2D eigenvalue weighted by Gasteiger charge is 2.03. The normalized spacial score (nSPS) is 9.75. The van der Waals surface area contributed by atoms with Gasteiger partial charge in [0.05, 0.1) is 0 Å². The van der Waals surface area contributed by atoms with Crippen molar-refractivity contribution in [2.24, 2.45) is 5.73 Å². The van der Waals surface area contributed by atoms with Crippen molar-refractivity contribution in [3.8, 4) is 0 Å². The molecule has 0 aromatic carbocycles. The minimum Gasteiger partial charge on any atom is -0.364 e. The van der Waals surface area contributed by atoms with Crippen LogP contribution in [0, 0.1) is 0 Å². The number of nitrogens with two attached hydrogens (primary N) is 1. The lowest BCUT2D eigenvalue weighted by atomic mass is 10.4. The third kappa shape index (κ3) is 1.50. The molecular formula is C7H9N3O2. The third-order valence-corrected chi connectivity index (χ3v) is 1.42. The summed E-state index contributed by atoms with van der Waals surface area (Å²) < 4.78 is 1.18. The topological polar surface area (TPSA) is 78.0 Å². The highest BCUT2D eigenvalue weighted by Crippen LogP contribution is 1.87.